The zero-order valence-corrected chi connectivity index (χ0v) is 14.3. The lowest BCUT2D eigenvalue weighted by Crippen LogP contribution is -2.15. The summed E-state index contributed by atoms with van der Waals surface area (Å²) < 4.78 is 0. The molecule has 0 unspecified atom stereocenters. The average molecular weight is 296 g/mol. The van der Waals surface area contributed by atoms with E-state index in [2.05, 4.69) is 18.8 Å². The number of unbranched alkanes of at least 4 members (excludes halogenated alkanes) is 13. The minimum Gasteiger partial charge on any atom is -0.333 e. The molecule has 0 heterocycles. The summed E-state index contributed by atoms with van der Waals surface area (Å²) >= 11 is 0. The van der Waals surface area contributed by atoms with Gasteiger partial charge < -0.3 is 5.32 Å². The molecular formula is C19H37NO. The third-order valence-corrected chi connectivity index (χ3v) is 4.02. The third-order valence-electron chi connectivity index (χ3n) is 4.02. The number of hydrogen-bond donors (Lipinski definition) is 1. The summed E-state index contributed by atoms with van der Waals surface area (Å²) in [5, 5.41) is 2.62. The van der Waals surface area contributed by atoms with E-state index in [4.69, 9.17) is 0 Å². The smallest absolute Gasteiger partial charge is 0.223 e. The van der Waals surface area contributed by atoms with Crippen LogP contribution < -0.4 is 5.32 Å². The molecule has 0 spiro atoms. The second kappa shape index (κ2) is 17.3. The van der Waals surface area contributed by atoms with Crippen molar-refractivity contribution in [2.45, 2.75) is 103 Å². The van der Waals surface area contributed by atoms with Gasteiger partial charge in [-0.05, 0) is 12.6 Å². The number of hydrogen-bond acceptors (Lipinski definition) is 1. The average Bonchev–Trinajstić information content (AvgIpc) is 2.48. The third kappa shape index (κ3) is 17.2. The van der Waals surface area contributed by atoms with E-state index in [-0.39, 0.29) is 5.91 Å². The molecule has 0 radical (unpaired) electrons. The lowest BCUT2D eigenvalue weighted by Gasteiger charge is -2.03. The minimum absolute atomic E-state index is 0.101. The van der Waals surface area contributed by atoms with Crippen LogP contribution >= 0.6 is 0 Å². The van der Waals surface area contributed by atoms with Gasteiger partial charge in [0.05, 0.1) is 0 Å². The second-order valence-corrected chi connectivity index (χ2v) is 6.12. The van der Waals surface area contributed by atoms with Crippen molar-refractivity contribution in [3.8, 4) is 0 Å². The van der Waals surface area contributed by atoms with Gasteiger partial charge in [-0.1, -0.05) is 97.0 Å². The molecule has 21 heavy (non-hydrogen) atoms. The molecule has 124 valence electrons. The van der Waals surface area contributed by atoms with Crippen molar-refractivity contribution < 1.29 is 4.79 Å². The Morgan fingerprint density at radius 1 is 0.762 bits per heavy atom. The van der Waals surface area contributed by atoms with Crippen LogP contribution in [0.15, 0.2) is 12.8 Å². The molecule has 0 aliphatic heterocycles. The molecule has 0 saturated carbocycles. The first-order valence-electron chi connectivity index (χ1n) is 9.21. The molecule has 2 heteroatoms. The van der Waals surface area contributed by atoms with Gasteiger partial charge in [0.25, 0.3) is 0 Å². The quantitative estimate of drug-likeness (QED) is 0.342. The Balaban J connectivity index is 3.02. The Morgan fingerprint density at radius 2 is 1.14 bits per heavy atom. The van der Waals surface area contributed by atoms with Gasteiger partial charge in [0.2, 0.25) is 5.91 Å². The Hall–Kier alpha value is -0.790. The van der Waals surface area contributed by atoms with E-state index in [0.29, 0.717) is 6.42 Å². The van der Waals surface area contributed by atoms with Crippen LogP contribution in [0.4, 0.5) is 0 Å². The van der Waals surface area contributed by atoms with Crippen molar-refractivity contribution in [2.24, 2.45) is 0 Å². The fourth-order valence-corrected chi connectivity index (χ4v) is 2.67. The number of amides is 1. The highest BCUT2D eigenvalue weighted by molar-refractivity contribution is 5.76. The molecule has 0 aromatic rings. The maximum atomic E-state index is 11.2. The lowest BCUT2D eigenvalue weighted by molar-refractivity contribution is -0.120. The zero-order chi connectivity index (χ0) is 15.6. The van der Waals surface area contributed by atoms with E-state index in [1.165, 1.54) is 89.7 Å². The molecule has 0 fully saturated rings. The van der Waals surface area contributed by atoms with Crippen molar-refractivity contribution in [3.63, 3.8) is 0 Å². The van der Waals surface area contributed by atoms with E-state index in [1.807, 2.05) is 0 Å². The van der Waals surface area contributed by atoms with E-state index in [1.54, 1.807) is 0 Å². The van der Waals surface area contributed by atoms with Gasteiger partial charge in [0.1, 0.15) is 0 Å². The molecule has 0 aliphatic rings. The minimum atomic E-state index is 0.101. The van der Waals surface area contributed by atoms with Crippen molar-refractivity contribution in [3.05, 3.63) is 12.8 Å². The van der Waals surface area contributed by atoms with Crippen LogP contribution in [0.2, 0.25) is 0 Å². The number of nitrogens with one attached hydrogen (secondary N) is 1. The lowest BCUT2D eigenvalue weighted by atomic mass is 10.0. The van der Waals surface area contributed by atoms with Crippen molar-refractivity contribution in [1.29, 1.82) is 0 Å². The van der Waals surface area contributed by atoms with Gasteiger partial charge >= 0.3 is 0 Å². The van der Waals surface area contributed by atoms with Gasteiger partial charge in [-0.3, -0.25) is 4.79 Å². The Morgan fingerprint density at radius 3 is 1.52 bits per heavy atom. The van der Waals surface area contributed by atoms with Crippen LogP contribution in [-0.4, -0.2) is 5.91 Å². The van der Waals surface area contributed by atoms with Crippen LogP contribution in [0.3, 0.4) is 0 Å². The number of carbonyl (C=O) groups is 1. The molecule has 0 aromatic carbocycles. The van der Waals surface area contributed by atoms with E-state index >= 15 is 0 Å². The molecule has 0 saturated heterocycles. The summed E-state index contributed by atoms with van der Waals surface area (Å²) in [5.41, 5.74) is 0. The second-order valence-electron chi connectivity index (χ2n) is 6.12. The summed E-state index contributed by atoms with van der Waals surface area (Å²) in [6.07, 6.45) is 21.0. The van der Waals surface area contributed by atoms with Crippen molar-refractivity contribution >= 4 is 5.91 Å². The van der Waals surface area contributed by atoms with Crippen LogP contribution in [0.1, 0.15) is 103 Å². The Labute approximate surface area is 132 Å². The monoisotopic (exact) mass is 295 g/mol. The van der Waals surface area contributed by atoms with Gasteiger partial charge in [-0.25, -0.2) is 0 Å². The van der Waals surface area contributed by atoms with E-state index in [9.17, 15) is 4.79 Å². The predicted molar refractivity (Wildman–Crippen MR) is 93.3 cm³/mol. The first-order valence-corrected chi connectivity index (χ1v) is 9.21. The zero-order valence-electron chi connectivity index (χ0n) is 14.3. The molecule has 0 aliphatic carbocycles. The van der Waals surface area contributed by atoms with Crippen LogP contribution in [0, 0.1) is 0 Å². The molecule has 0 rings (SSSR count). The van der Waals surface area contributed by atoms with Crippen LogP contribution in [0.5, 0.6) is 0 Å². The highest BCUT2D eigenvalue weighted by Gasteiger charge is 1.98. The molecule has 0 atom stereocenters. The summed E-state index contributed by atoms with van der Waals surface area (Å²) in [7, 11) is 0. The van der Waals surface area contributed by atoms with E-state index in [0.717, 1.165) is 6.42 Å². The highest BCUT2D eigenvalue weighted by atomic mass is 16.1. The molecular weight excluding hydrogens is 258 g/mol. The SMILES string of the molecule is C=CNC(=O)CCCCCCCCCCCCCCCC. The van der Waals surface area contributed by atoms with Crippen molar-refractivity contribution in [2.75, 3.05) is 0 Å². The van der Waals surface area contributed by atoms with Gasteiger partial charge in [0, 0.05) is 6.42 Å². The molecule has 1 amide bonds. The number of rotatable bonds is 16. The molecule has 0 bridgehead atoms. The van der Waals surface area contributed by atoms with Gasteiger partial charge in [0.15, 0.2) is 0 Å². The summed E-state index contributed by atoms with van der Waals surface area (Å²) in [5.74, 6) is 0.101. The Kier molecular flexibility index (Phi) is 16.6. The van der Waals surface area contributed by atoms with E-state index < -0.39 is 0 Å². The van der Waals surface area contributed by atoms with Gasteiger partial charge in [-0.15, -0.1) is 0 Å². The summed E-state index contributed by atoms with van der Waals surface area (Å²) in [6.45, 7) is 5.76. The molecule has 1 N–H and O–H groups in total. The Bertz CT molecular complexity index is 238. The maximum Gasteiger partial charge on any atom is 0.223 e. The number of carbonyl (C=O) groups excluding carboxylic acids is 1. The van der Waals surface area contributed by atoms with Crippen molar-refractivity contribution in [1.82, 2.24) is 5.32 Å². The first kappa shape index (κ1) is 20.2. The predicted octanol–water partition coefficient (Wildman–Crippen LogP) is 6.12. The molecule has 0 aromatic heterocycles. The highest BCUT2D eigenvalue weighted by Crippen LogP contribution is 2.13. The summed E-state index contributed by atoms with van der Waals surface area (Å²) in [4.78, 5) is 11.2. The standard InChI is InChI=1S/C19H37NO/c1-3-5-6-7-8-9-10-11-12-13-14-15-16-17-18-19(21)20-4-2/h4H,2-3,5-18H2,1H3,(H,20,21). The largest absolute Gasteiger partial charge is 0.333 e. The fourth-order valence-electron chi connectivity index (χ4n) is 2.67. The topological polar surface area (TPSA) is 29.1 Å². The summed E-state index contributed by atoms with van der Waals surface area (Å²) in [6, 6.07) is 0. The first-order chi connectivity index (χ1) is 10.3. The van der Waals surface area contributed by atoms with Gasteiger partial charge in [-0.2, -0.15) is 0 Å². The van der Waals surface area contributed by atoms with Crippen LogP contribution in [0.25, 0.3) is 0 Å². The fraction of sp³-hybridized carbons (Fsp3) is 0.842. The normalized spacial score (nSPS) is 10.5. The molecule has 2 nitrogen and oxygen atoms in total. The maximum absolute atomic E-state index is 11.2. The van der Waals surface area contributed by atoms with Crippen LogP contribution in [-0.2, 0) is 4.79 Å².